The Bertz CT molecular complexity index is 763. The summed E-state index contributed by atoms with van der Waals surface area (Å²) in [5.41, 5.74) is 6.86. The van der Waals surface area contributed by atoms with Crippen molar-refractivity contribution in [3.05, 3.63) is 46.7 Å². The quantitative estimate of drug-likeness (QED) is 0.779. The van der Waals surface area contributed by atoms with E-state index in [0.717, 1.165) is 21.1 Å². The van der Waals surface area contributed by atoms with Crippen molar-refractivity contribution in [2.24, 2.45) is 5.73 Å². The van der Waals surface area contributed by atoms with Crippen molar-refractivity contribution in [3.8, 4) is 26.9 Å². The number of hydrogen-bond acceptors (Lipinski definition) is 5. The second kappa shape index (κ2) is 5.07. The van der Waals surface area contributed by atoms with Crippen LogP contribution in [-0.2, 0) is 0 Å². The average molecular weight is 302 g/mol. The molecule has 1 amide bonds. The molecule has 0 unspecified atom stereocenters. The van der Waals surface area contributed by atoms with Gasteiger partial charge in [-0.15, -0.1) is 22.7 Å². The van der Waals surface area contributed by atoms with Crippen molar-refractivity contribution in [3.63, 3.8) is 0 Å². The van der Waals surface area contributed by atoms with Crippen molar-refractivity contribution in [1.82, 2.24) is 4.98 Å². The predicted octanol–water partition coefficient (Wildman–Crippen LogP) is 3.34. The lowest BCUT2D eigenvalue weighted by molar-refractivity contribution is 0.0998. The van der Waals surface area contributed by atoms with E-state index in [9.17, 15) is 9.90 Å². The molecule has 0 fully saturated rings. The molecule has 2 aromatic heterocycles. The zero-order valence-corrected chi connectivity index (χ0v) is 11.9. The molecule has 2 heterocycles. The lowest BCUT2D eigenvalue weighted by Gasteiger charge is -2.02. The number of amides is 1. The molecule has 0 aliphatic heterocycles. The van der Waals surface area contributed by atoms with Crippen LogP contribution in [0.25, 0.3) is 21.1 Å². The number of aromatic nitrogens is 1. The molecule has 0 saturated heterocycles. The highest BCUT2D eigenvalue weighted by Crippen LogP contribution is 2.32. The Morgan fingerprint density at radius 1 is 1.25 bits per heavy atom. The van der Waals surface area contributed by atoms with Crippen LogP contribution in [0.15, 0.2) is 41.1 Å². The Kier molecular flexibility index (Phi) is 3.25. The van der Waals surface area contributed by atoms with E-state index in [2.05, 4.69) is 4.98 Å². The van der Waals surface area contributed by atoms with Gasteiger partial charge in [0.15, 0.2) is 0 Å². The van der Waals surface area contributed by atoms with Crippen LogP contribution in [0.3, 0.4) is 0 Å². The van der Waals surface area contributed by atoms with Crippen LogP contribution in [0.2, 0.25) is 0 Å². The Labute approximate surface area is 123 Å². The summed E-state index contributed by atoms with van der Waals surface area (Å²) in [4.78, 5) is 16.9. The number of nitrogens with zero attached hydrogens (tertiary/aromatic N) is 1. The Balaban J connectivity index is 2.02. The van der Waals surface area contributed by atoms with Gasteiger partial charge in [0.05, 0.1) is 16.1 Å². The average Bonchev–Trinajstić information content (AvgIpc) is 3.09. The number of thiazole rings is 1. The number of rotatable bonds is 3. The van der Waals surface area contributed by atoms with Gasteiger partial charge in [-0.25, -0.2) is 4.98 Å². The summed E-state index contributed by atoms with van der Waals surface area (Å²) >= 11 is 3.17. The first-order chi connectivity index (χ1) is 9.65. The van der Waals surface area contributed by atoms with Crippen LogP contribution < -0.4 is 5.73 Å². The first-order valence-corrected chi connectivity index (χ1v) is 7.53. The fourth-order valence-electron chi connectivity index (χ4n) is 1.81. The molecule has 20 heavy (non-hydrogen) atoms. The fourth-order valence-corrected chi connectivity index (χ4v) is 3.46. The lowest BCUT2D eigenvalue weighted by Crippen LogP contribution is -2.11. The van der Waals surface area contributed by atoms with Gasteiger partial charge < -0.3 is 10.8 Å². The van der Waals surface area contributed by atoms with Crippen molar-refractivity contribution >= 4 is 28.6 Å². The Hall–Kier alpha value is -2.18. The number of hydrogen-bond donors (Lipinski definition) is 2. The summed E-state index contributed by atoms with van der Waals surface area (Å²) in [7, 11) is 0. The summed E-state index contributed by atoms with van der Waals surface area (Å²) in [5.74, 6) is -0.770. The van der Waals surface area contributed by atoms with Gasteiger partial charge in [0.2, 0.25) is 0 Å². The molecule has 0 atom stereocenters. The fraction of sp³-hybridized carbons (Fsp3) is 0. The SMILES string of the molecule is NC(=O)c1cc(-c2csc(-c3cccs3)n2)ccc1O. The molecule has 0 spiro atoms. The number of primary amides is 1. The highest BCUT2D eigenvalue weighted by atomic mass is 32.1. The number of phenols is 1. The highest BCUT2D eigenvalue weighted by molar-refractivity contribution is 7.20. The number of thiophene rings is 1. The third-order valence-electron chi connectivity index (χ3n) is 2.79. The van der Waals surface area contributed by atoms with Crippen LogP contribution >= 0.6 is 22.7 Å². The maximum absolute atomic E-state index is 11.2. The molecule has 1 aromatic carbocycles. The van der Waals surface area contributed by atoms with Gasteiger partial charge in [-0.3, -0.25) is 4.79 Å². The third-order valence-corrected chi connectivity index (χ3v) is 4.68. The smallest absolute Gasteiger partial charge is 0.252 e. The maximum atomic E-state index is 11.2. The molecule has 0 bridgehead atoms. The zero-order valence-electron chi connectivity index (χ0n) is 10.2. The van der Waals surface area contributed by atoms with E-state index in [1.807, 2.05) is 22.9 Å². The molecule has 3 rings (SSSR count). The van der Waals surface area contributed by atoms with E-state index < -0.39 is 5.91 Å². The predicted molar refractivity (Wildman–Crippen MR) is 81.0 cm³/mol. The van der Waals surface area contributed by atoms with E-state index in [4.69, 9.17) is 5.73 Å². The van der Waals surface area contributed by atoms with Gasteiger partial charge in [0.1, 0.15) is 10.8 Å². The summed E-state index contributed by atoms with van der Waals surface area (Å²) in [5, 5.41) is 14.4. The zero-order chi connectivity index (χ0) is 14.1. The van der Waals surface area contributed by atoms with Gasteiger partial charge in [-0.05, 0) is 29.6 Å². The minimum Gasteiger partial charge on any atom is -0.507 e. The van der Waals surface area contributed by atoms with Crippen molar-refractivity contribution < 1.29 is 9.90 Å². The van der Waals surface area contributed by atoms with Crippen LogP contribution in [0, 0.1) is 0 Å². The number of carbonyl (C=O) groups is 1. The first kappa shape index (κ1) is 12.8. The normalized spacial score (nSPS) is 10.6. The van der Waals surface area contributed by atoms with Crippen molar-refractivity contribution in [1.29, 1.82) is 0 Å². The van der Waals surface area contributed by atoms with E-state index in [0.29, 0.717) is 0 Å². The standard InChI is InChI=1S/C14H10N2O2S2/c15-13(18)9-6-8(3-4-11(9)17)10-7-20-14(16-10)12-2-1-5-19-12/h1-7,17H,(H2,15,18). The Morgan fingerprint density at radius 2 is 2.10 bits per heavy atom. The van der Waals surface area contributed by atoms with Gasteiger partial charge in [0.25, 0.3) is 5.91 Å². The molecule has 3 N–H and O–H groups in total. The minimum atomic E-state index is -0.655. The molecule has 0 aliphatic rings. The van der Waals surface area contributed by atoms with E-state index in [-0.39, 0.29) is 11.3 Å². The first-order valence-electron chi connectivity index (χ1n) is 5.78. The second-order valence-electron chi connectivity index (χ2n) is 4.11. The van der Waals surface area contributed by atoms with Crippen molar-refractivity contribution in [2.75, 3.05) is 0 Å². The summed E-state index contributed by atoms with van der Waals surface area (Å²) in [6, 6.07) is 8.73. The minimum absolute atomic E-state index is 0.105. The van der Waals surface area contributed by atoms with Gasteiger partial charge in [-0.2, -0.15) is 0 Å². The number of carbonyl (C=O) groups excluding carboxylic acids is 1. The molecule has 0 aliphatic carbocycles. The van der Waals surface area contributed by atoms with Crippen LogP contribution in [0.1, 0.15) is 10.4 Å². The molecular formula is C14H10N2O2S2. The largest absolute Gasteiger partial charge is 0.507 e. The van der Waals surface area contributed by atoms with Gasteiger partial charge >= 0.3 is 0 Å². The van der Waals surface area contributed by atoms with Crippen LogP contribution in [0.5, 0.6) is 5.75 Å². The molecule has 4 nitrogen and oxygen atoms in total. The molecule has 6 heteroatoms. The topological polar surface area (TPSA) is 76.2 Å². The molecule has 0 saturated carbocycles. The number of benzene rings is 1. The van der Waals surface area contributed by atoms with Gasteiger partial charge in [0, 0.05) is 10.9 Å². The molecule has 0 radical (unpaired) electrons. The van der Waals surface area contributed by atoms with Crippen LogP contribution in [0.4, 0.5) is 0 Å². The molecule has 100 valence electrons. The second-order valence-corrected chi connectivity index (χ2v) is 5.92. The maximum Gasteiger partial charge on any atom is 0.252 e. The number of aromatic hydroxyl groups is 1. The summed E-state index contributed by atoms with van der Waals surface area (Å²) in [6.07, 6.45) is 0. The van der Waals surface area contributed by atoms with E-state index in [1.165, 1.54) is 6.07 Å². The third kappa shape index (κ3) is 2.31. The molecule has 3 aromatic rings. The van der Waals surface area contributed by atoms with E-state index >= 15 is 0 Å². The van der Waals surface area contributed by atoms with Crippen molar-refractivity contribution in [2.45, 2.75) is 0 Å². The Morgan fingerprint density at radius 3 is 2.80 bits per heavy atom. The highest BCUT2D eigenvalue weighted by Gasteiger charge is 2.12. The summed E-state index contributed by atoms with van der Waals surface area (Å²) < 4.78 is 0. The molecular weight excluding hydrogens is 292 g/mol. The van der Waals surface area contributed by atoms with E-state index in [1.54, 1.807) is 34.8 Å². The van der Waals surface area contributed by atoms with Gasteiger partial charge in [-0.1, -0.05) is 6.07 Å². The van der Waals surface area contributed by atoms with Crippen LogP contribution in [-0.4, -0.2) is 16.0 Å². The number of nitrogens with two attached hydrogens (primary N) is 1. The lowest BCUT2D eigenvalue weighted by atomic mass is 10.1. The summed E-state index contributed by atoms with van der Waals surface area (Å²) in [6.45, 7) is 0. The monoisotopic (exact) mass is 302 g/mol.